The minimum absolute atomic E-state index is 0.00802. The highest BCUT2D eigenvalue weighted by Gasteiger charge is 2.58. The summed E-state index contributed by atoms with van der Waals surface area (Å²) in [7, 11) is 0. The average Bonchev–Trinajstić information content (AvgIpc) is 3.47. The molecule has 9 heteroatoms. The minimum atomic E-state index is -0.846. The third-order valence-electron chi connectivity index (χ3n) is 8.08. The first kappa shape index (κ1) is 23.6. The summed E-state index contributed by atoms with van der Waals surface area (Å²) in [5.74, 6) is -0.0332. The number of benzene rings is 1. The summed E-state index contributed by atoms with van der Waals surface area (Å²) in [6.07, 6.45) is 4.40. The first-order valence-electron chi connectivity index (χ1n) is 12.2. The van der Waals surface area contributed by atoms with E-state index in [1.165, 1.54) is 0 Å². The van der Waals surface area contributed by atoms with Crippen molar-refractivity contribution in [2.24, 2.45) is 11.3 Å². The Morgan fingerprint density at radius 1 is 1.29 bits per heavy atom. The van der Waals surface area contributed by atoms with E-state index in [-0.39, 0.29) is 47.7 Å². The van der Waals surface area contributed by atoms with Gasteiger partial charge in [-0.3, -0.25) is 19.9 Å². The van der Waals surface area contributed by atoms with Crippen LogP contribution >= 0.6 is 11.6 Å². The van der Waals surface area contributed by atoms with E-state index in [1.54, 1.807) is 11.0 Å². The summed E-state index contributed by atoms with van der Waals surface area (Å²) in [6, 6.07) is 5.44. The number of carbonyl (C=O) groups is 2. The number of rotatable bonds is 4. The van der Waals surface area contributed by atoms with Crippen LogP contribution < -0.4 is 10.6 Å². The van der Waals surface area contributed by atoms with E-state index in [0.717, 1.165) is 19.3 Å². The fraction of sp³-hybridized carbons (Fsp3) is 0.640. The van der Waals surface area contributed by atoms with Crippen LogP contribution in [-0.2, 0) is 24.6 Å². The summed E-state index contributed by atoms with van der Waals surface area (Å²) in [4.78, 5) is 27.8. The molecule has 184 valence electrons. The van der Waals surface area contributed by atoms with Gasteiger partial charge in [-0.2, -0.15) is 0 Å². The van der Waals surface area contributed by atoms with Crippen molar-refractivity contribution in [1.29, 1.82) is 5.41 Å². The molecule has 0 bridgehead atoms. The molecule has 1 saturated carbocycles. The molecule has 4 aliphatic rings. The second-order valence-corrected chi connectivity index (χ2v) is 10.9. The highest BCUT2D eigenvalue weighted by molar-refractivity contribution is 6.34. The molecule has 5 rings (SSSR count). The zero-order chi connectivity index (χ0) is 24.1. The van der Waals surface area contributed by atoms with Crippen molar-refractivity contribution < 1.29 is 19.1 Å². The van der Waals surface area contributed by atoms with Crippen molar-refractivity contribution in [3.05, 3.63) is 28.8 Å². The van der Waals surface area contributed by atoms with Crippen LogP contribution in [0.25, 0.3) is 0 Å². The maximum Gasteiger partial charge on any atom is 0.232 e. The van der Waals surface area contributed by atoms with E-state index < -0.39 is 5.54 Å². The van der Waals surface area contributed by atoms with Gasteiger partial charge in [0.2, 0.25) is 11.8 Å². The normalized spacial score (nSPS) is 32.9. The molecule has 3 N–H and O–H groups in total. The Hall–Kier alpha value is -2.16. The quantitative estimate of drug-likeness (QED) is 0.600. The van der Waals surface area contributed by atoms with Crippen LogP contribution in [0.4, 0.5) is 5.69 Å². The number of carbonyl (C=O) groups excluding carboxylic acids is 2. The van der Waals surface area contributed by atoms with Crippen molar-refractivity contribution in [2.75, 3.05) is 25.1 Å². The number of guanidine groups is 1. The van der Waals surface area contributed by atoms with Crippen LogP contribution in [0.3, 0.4) is 0 Å². The van der Waals surface area contributed by atoms with Crippen LogP contribution in [0.5, 0.6) is 0 Å². The Bertz CT molecular complexity index is 991. The molecule has 2 amide bonds. The van der Waals surface area contributed by atoms with Crippen molar-refractivity contribution in [3.63, 3.8) is 0 Å². The van der Waals surface area contributed by atoms with Gasteiger partial charge in [0, 0.05) is 31.8 Å². The van der Waals surface area contributed by atoms with E-state index in [0.29, 0.717) is 48.9 Å². The minimum Gasteiger partial charge on any atom is -0.381 e. The van der Waals surface area contributed by atoms with Crippen molar-refractivity contribution in [2.45, 2.75) is 70.1 Å². The van der Waals surface area contributed by atoms with Crippen LogP contribution in [0.1, 0.15) is 57.9 Å². The lowest BCUT2D eigenvalue weighted by Gasteiger charge is -2.45. The van der Waals surface area contributed by atoms with Crippen molar-refractivity contribution >= 4 is 35.1 Å². The van der Waals surface area contributed by atoms with Gasteiger partial charge in [-0.25, -0.2) is 0 Å². The molecule has 0 aromatic heterocycles. The molecule has 34 heavy (non-hydrogen) atoms. The standard InChI is InChI=1S/C25H33ClN4O4/c1-15-12-16(6-9-34-15)30-20(31)14-24(2,29-23(30)27)17-4-3-5-19(21(17)26)28-22(32)18-13-25(18)7-10-33-11-8-25/h3-5,15-16,18H,6-14H2,1-2H3,(H2,27,29)(H,28,32)/t15-,16-,18?,24+/m1/s1. The summed E-state index contributed by atoms with van der Waals surface area (Å²) >= 11 is 6.79. The Morgan fingerprint density at radius 3 is 2.76 bits per heavy atom. The second-order valence-electron chi connectivity index (χ2n) is 10.5. The van der Waals surface area contributed by atoms with Gasteiger partial charge in [0.15, 0.2) is 5.96 Å². The number of ether oxygens (including phenoxy) is 2. The van der Waals surface area contributed by atoms with E-state index in [4.69, 9.17) is 26.5 Å². The van der Waals surface area contributed by atoms with Crippen LogP contribution in [0, 0.1) is 16.7 Å². The molecule has 4 fully saturated rings. The highest BCUT2D eigenvalue weighted by Crippen LogP contribution is 2.59. The third-order valence-corrected chi connectivity index (χ3v) is 8.48. The Balaban J connectivity index is 1.31. The van der Waals surface area contributed by atoms with Crippen LogP contribution in [-0.4, -0.2) is 54.6 Å². The zero-order valence-electron chi connectivity index (χ0n) is 19.8. The van der Waals surface area contributed by atoms with Gasteiger partial charge in [-0.15, -0.1) is 0 Å². The second kappa shape index (κ2) is 8.81. The number of hydrogen-bond acceptors (Lipinski definition) is 5. The maximum absolute atomic E-state index is 13.2. The molecule has 1 aromatic carbocycles. The zero-order valence-corrected chi connectivity index (χ0v) is 20.5. The van der Waals surface area contributed by atoms with Crippen molar-refractivity contribution in [1.82, 2.24) is 10.2 Å². The number of nitrogens with zero attached hydrogens (tertiary/aromatic N) is 1. The molecular formula is C25H33ClN4O4. The Morgan fingerprint density at radius 2 is 2.06 bits per heavy atom. The first-order valence-corrected chi connectivity index (χ1v) is 12.6. The highest BCUT2D eigenvalue weighted by atomic mass is 35.5. The van der Waals surface area contributed by atoms with E-state index in [1.807, 2.05) is 26.0 Å². The fourth-order valence-corrected chi connectivity index (χ4v) is 6.34. The topological polar surface area (TPSA) is 104 Å². The molecule has 1 aromatic rings. The lowest BCUT2D eigenvalue weighted by Crippen LogP contribution is -2.63. The molecule has 0 radical (unpaired) electrons. The molecule has 3 heterocycles. The lowest BCUT2D eigenvalue weighted by molar-refractivity contribution is -0.134. The van der Waals surface area contributed by atoms with Gasteiger partial charge in [0.25, 0.3) is 0 Å². The first-order chi connectivity index (χ1) is 16.2. The third kappa shape index (κ3) is 4.20. The monoisotopic (exact) mass is 488 g/mol. The van der Waals surface area contributed by atoms with E-state index in [9.17, 15) is 9.59 Å². The number of hydrogen-bond donors (Lipinski definition) is 3. The SMILES string of the molecule is C[C@@H]1C[C@H](N2C(=N)N[C@](C)(c3cccc(NC(=O)C4CC45CCOCC5)c3Cl)CC2=O)CCO1. The average molecular weight is 489 g/mol. The number of halogens is 1. The molecular weight excluding hydrogens is 456 g/mol. The molecule has 1 aliphatic carbocycles. The Labute approximate surface area is 205 Å². The summed E-state index contributed by atoms with van der Waals surface area (Å²) in [6.45, 7) is 5.89. The molecule has 3 saturated heterocycles. The maximum atomic E-state index is 13.2. The van der Waals surface area contributed by atoms with Gasteiger partial charge in [0.1, 0.15) is 0 Å². The predicted molar refractivity (Wildman–Crippen MR) is 129 cm³/mol. The Kier molecular flexibility index (Phi) is 6.11. The van der Waals surface area contributed by atoms with Gasteiger partial charge >= 0.3 is 0 Å². The van der Waals surface area contributed by atoms with Gasteiger partial charge in [0.05, 0.1) is 28.8 Å². The smallest absolute Gasteiger partial charge is 0.232 e. The number of amides is 2. The van der Waals surface area contributed by atoms with Gasteiger partial charge in [-0.05, 0) is 63.0 Å². The molecule has 8 nitrogen and oxygen atoms in total. The number of nitrogens with one attached hydrogen (secondary N) is 3. The predicted octanol–water partition coefficient (Wildman–Crippen LogP) is 3.63. The fourth-order valence-electron chi connectivity index (χ4n) is 5.96. The summed E-state index contributed by atoms with van der Waals surface area (Å²) in [5.41, 5.74) is 0.471. The van der Waals surface area contributed by atoms with Crippen LogP contribution in [0.15, 0.2) is 18.2 Å². The van der Waals surface area contributed by atoms with Gasteiger partial charge in [-0.1, -0.05) is 23.7 Å². The van der Waals surface area contributed by atoms with Gasteiger partial charge < -0.3 is 20.1 Å². The molecule has 1 unspecified atom stereocenters. The van der Waals surface area contributed by atoms with E-state index >= 15 is 0 Å². The largest absolute Gasteiger partial charge is 0.381 e. The van der Waals surface area contributed by atoms with Crippen LogP contribution in [0.2, 0.25) is 5.02 Å². The van der Waals surface area contributed by atoms with E-state index in [2.05, 4.69) is 10.6 Å². The number of anilines is 1. The molecule has 1 spiro atoms. The summed E-state index contributed by atoms with van der Waals surface area (Å²) < 4.78 is 11.1. The lowest BCUT2D eigenvalue weighted by atomic mass is 9.85. The summed E-state index contributed by atoms with van der Waals surface area (Å²) in [5, 5.41) is 15.3. The molecule has 4 atom stereocenters. The molecule has 3 aliphatic heterocycles. The van der Waals surface area contributed by atoms with Crippen molar-refractivity contribution in [3.8, 4) is 0 Å².